The van der Waals surface area contributed by atoms with Crippen molar-refractivity contribution >= 4 is 35.4 Å². The molecule has 1 amide bonds. The van der Waals surface area contributed by atoms with Crippen LogP contribution in [0.5, 0.6) is 11.5 Å². The molecule has 0 bridgehead atoms. The highest BCUT2D eigenvalue weighted by molar-refractivity contribution is 6.33. The van der Waals surface area contributed by atoms with E-state index in [1.54, 1.807) is 37.3 Å². The van der Waals surface area contributed by atoms with Crippen LogP contribution in [0.4, 0.5) is 5.82 Å². The molecule has 3 rings (SSSR count). The van der Waals surface area contributed by atoms with Gasteiger partial charge in [-0.05, 0) is 42.8 Å². The van der Waals surface area contributed by atoms with E-state index in [0.29, 0.717) is 11.3 Å². The second kappa shape index (κ2) is 9.61. The van der Waals surface area contributed by atoms with Gasteiger partial charge in [0.2, 0.25) is 0 Å². The molecule has 8 nitrogen and oxygen atoms in total. The fourth-order valence-electron chi connectivity index (χ4n) is 2.56. The molecular weight excluding hydrogens is 422 g/mol. The average Bonchev–Trinajstić information content (AvgIpc) is 3.17. The molecule has 1 N–H and O–H groups in total. The van der Waals surface area contributed by atoms with Gasteiger partial charge in [0.25, 0.3) is 5.91 Å². The predicted molar refractivity (Wildman–Crippen MR) is 113 cm³/mol. The first-order valence-electron chi connectivity index (χ1n) is 8.92. The van der Waals surface area contributed by atoms with E-state index in [-0.39, 0.29) is 33.5 Å². The van der Waals surface area contributed by atoms with Crippen molar-refractivity contribution in [1.82, 2.24) is 5.16 Å². The number of methoxy groups -OCH3 is 1. The van der Waals surface area contributed by atoms with Crippen molar-refractivity contribution < 1.29 is 23.6 Å². The van der Waals surface area contributed by atoms with Crippen molar-refractivity contribution in [2.75, 3.05) is 12.4 Å². The summed E-state index contributed by atoms with van der Waals surface area (Å²) < 4.78 is 15.5. The number of benzene rings is 2. The van der Waals surface area contributed by atoms with Gasteiger partial charge in [-0.2, -0.15) is 5.26 Å². The Labute approximate surface area is 182 Å². The van der Waals surface area contributed by atoms with Crippen LogP contribution in [-0.2, 0) is 4.79 Å². The Kier molecular flexibility index (Phi) is 6.70. The molecule has 0 saturated carbocycles. The summed E-state index contributed by atoms with van der Waals surface area (Å²) >= 11 is 6.03. The van der Waals surface area contributed by atoms with Gasteiger partial charge in [-0.15, -0.1) is 0 Å². The normalized spacial score (nSPS) is 10.8. The molecule has 1 heterocycles. The number of aryl methyl sites for hydroxylation is 1. The molecule has 156 valence electrons. The van der Waals surface area contributed by atoms with E-state index >= 15 is 0 Å². The van der Waals surface area contributed by atoms with Gasteiger partial charge in [-0.25, -0.2) is 4.79 Å². The lowest BCUT2D eigenvalue weighted by Crippen LogP contribution is -2.13. The molecule has 2 aromatic carbocycles. The Bertz CT molecular complexity index is 1210. The Hall–Kier alpha value is -4.09. The zero-order valence-corrected chi connectivity index (χ0v) is 17.3. The Balaban J connectivity index is 1.81. The van der Waals surface area contributed by atoms with Crippen LogP contribution in [0.1, 0.15) is 21.7 Å². The third-order valence-electron chi connectivity index (χ3n) is 4.03. The lowest BCUT2D eigenvalue weighted by Gasteiger charge is -2.11. The van der Waals surface area contributed by atoms with Crippen LogP contribution < -0.4 is 14.8 Å². The summed E-state index contributed by atoms with van der Waals surface area (Å²) in [7, 11) is 1.40. The maximum absolute atomic E-state index is 12.4. The standard InChI is InChI=1S/C22H16ClN3O5/c1-13-9-20(26-31-13)25-21(27)15(12-24)10-14-7-8-18(19(11-14)29-2)30-22(28)16-5-3-4-6-17(16)23/h3-11H,1-2H3,(H,25,26,27). The van der Waals surface area contributed by atoms with E-state index in [9.17, 15) is 14.9 Å². The number of esters is 1. The highest BCUT2D eigenvalue weighted by Crippen LogP contribution is 2.30. The molecule has 3 aromatic rings. The lowest BCUT2D eigenvalue weighted by atomic mass is 10.1. The zero-order chi connectivity index (χ0) is 22.4. The van der Waals surface area contributed by atoms with Crippen molar-refractivity contribution in [3.8, 4) is 17.6 Å². The number of nitriles is 1. The molecule has 9 heteroatoms. The zero-order valence-electron chi connectivity index (χ0n) is 16.5. The first kappa shape index (κ1) is 21.6. The van der Waals surface area contributed by atoms with Crippen molar-refractivity contribution in [3.63, 3.8) is 0 Å². The Morgan fingerprint density at radius 1 is 1.19 bits per heavy atom. The monoisotopic (exact) mass is 437 g/mol. The molecule has 0 aliphatic rings. The van der Waals surface area contributed by atoms with Gasteiger partial charge >= 0.3 is 5.97 Å². The van der Waals surface area contributed by atoms with Crippen LogP contribution in [0.3, 0.4) is 0 Å². The van der Waals surface area contributed by atoms with E-state index in [0.717, 1.165) is 0 Å². The molecule has 0 saturated heterocycles. The first-order valence-corrected chi connectivity index (χ1v) is 9.30. The molecule has 1 aromatic heterocycles. The highest BCUT2D eigenvalue weighted by atomic mass is 35.5. The highest BCUT2D eigenvalue weighted by Gasteiger charge is 2.16. The second-order valence-corrected chi connectivity index (χ2v) is 6.63. The number of nitrogens with zero attached hydrogens (tertiary/aromatic N) is 2. The minimum atomic E-state index is -0.649. The van der Waals surface area contributed by atoms with E-state index in [1.807, 2.05) is 6.07 Å². The van der Waals surface area contributed by atoms with Gasteiger partial charge in [0.15, 0.2) is 17.3 Å². The number of ether oxygens (including phenoxy) is 2. The summed E-state index contributed by atoms with van der Waals surface area (Å²) in [4.78, 5) is 24.7. The summed E-state index contributed by atoms with van der Waals surface area (Å²) in [6.45, 7) is 1.68. The maximum atomic E-state index is 12.4. The van der Waals surface area contributed by atoms with Gasteiger partial charge in [0, 0.05) is 6.07 Å². The number of hydrogen-bond acceptors (Lipinski definition) is 7. The van der Waals surface area contributed by atoms with Crippen LogP contribution in [0.15, 0.2) is 58.6 Å². The van der Waals surface area contributed by atoms with Crippen molar-refractivity contribution in [2.24, 2.45) is 0 Å². The number of anilines is 1. The number of aromatic nitrogens is 1. The number of nitrogens with one attached hydrogen (secondary N) is 1. The Morgan fingerprint density at radius 3 is 2.61 bits per heavy atom. The van der Waals surface area contributed by atoms with Gasteiger partial charge < -0.3 is 19.3 Å². The van der Waals surface area contributed by atoms with Crippen LogP contribution in [0.25, 0.3) is 6.08 Å². The third kappa shape index (κ3) is 5.29. The molecular formula is C22H16ClN3O5. The number of carbonyl (C=O) groups is 2. The number of carbonyl (C=O) groups excluding carboxylic acids is 2. The average molecular weight is 438 g/mol. The Morgan fingerprint density at radius 2 is 1.97 bits per heavy atom. The van der Waals surface area contributed by atoms with E-state index in [2.05, 4.69) is 10.5 Å². The van der Waals surface area contributed by atoms with Gasteiger partial charge in [-0.3, -0.25) is 4.79 Å². The van der Waals surface area contributed by atoms with Crippen molar-refractivity contribution in [2.45, 2.75) is 6.92 Å². The molecule has 0 fully saturated rings. The van der Waals surface area contributed by atoms with Gasteiger partial charge in [0.1, 0.15) is 17.4 Å². The number of rotatable bonds is 6. The van der Waals surface area contributed by atoms with Gasteiger partial charge in [-0.1, -0.05) is 35.0 Å². The largest absolute Gasteiger partial charge is 0.493 e. The van der Waals surface area contributed by atoms with E-state index < -0.39 is 11.9 Å². The minimum Gasteiger partial charge on any atom is -0.493 e. The van der Waals surface area contributed by atoms with Gasteiger partial charge in [0.05, 0.1) is 17.7 Å². The summed E-state index contributed by atoms with van der Waals surface area (Å²) in [5.41, 5.74) is 0.530. The van der Waals surface area contributed by atoms with Crippen molar-refractivity contribution in [3.05, 3.63) is 76.0 Å². The fraction of sp³-hybridized carbons (Fsp3) is 0.0909. The number of halogens is 1. The van der Waals surface area contributed by atoms with Crippen molar-refractivity contribution in [1.29, 1.82) is 5.26 Å². The maximum Gasteiger partial charge on any atom is 0.345 e. The quantitative estimate of drug-likeness (QED) is 0.263. The van der Waals surface area contributed by atoms with Crippen LogP contribution in [-0.4, -0.2) is 24.1 Å². The number of hydrogen-bond donors (Lipinski definition) is 1. The molecule has 0 aliphatic heterocycles. The second-order valence-electron chi connectivity index (χ2n) is 6.23. The number of amides is 1. The predicted octanol–water partition coefficient (Wildman–Crippen LogP) is 4.41. The molecule has 0 unspecified atom stereocenters. The van der Waals surface area contributed by atoms with E-state index in [1.165, 1.54) is 31.4 Å². The first-order chi connectivity index (χ1) is 14.9. The molecule has 31 heavy (non-hydrogen) atoms. The third-order valence-corrected chi connectivity index (χ3v) is 4.36. The van der Waals surface area contributed by atoms with Crippen LogP contribution in [0, 0.1) is 18.3 Å². The summed E-state index contributed by atoms with van der Waals surface area (Å²) in [6, 6.07) is 14.5. The summed E-state index contributed by atoms with van der Waals surface area (Å²) in [5.74, 6) is -0.187. The lowest BCUT2D eigenvalue weighted by molar-refractivity contribution is -0.112. The molecule has 0 spiro atoms. The summed E-state index contributed by atoms with van der Waals surface area (Å²) in [6.07, 6.45) is 1.37. The molecule has 0 aliphatic carbocycles. The van der Waals surface area contributed by atoms with E-state index in [4.69, 9.17) is 25.6 Å². The summed E-state index contributed by atoms with van der Waals surface area (Å²) in [5, 5.41) is 15.8. The SMILES string of the molecule is COc1cc(C=C(C#N)C(=O)Nc2cc(C)on2)ccc1OC(=O)c1ccccc1Cl. The van der Waals surface area contributed by atoms with Crippen LogP contribution >= 0.6 is 11.6 Å². The molecule has 0 atom stereocenters. The topological polar surface area (TPSA) is 114 Å². The molecule has 0 radical (unpaired) electrons. The smallest absolute Gasteiger partial charge is 0.345 e. The fourth-order valence-corrected chi connectivity index (χ4v) is 2.78. The minimum absolute atomic E-state index is 0.158. The van der Waals surface area contributed by atoms with Crippen LogP contribution in [0.2, 0.25) is 5.02 Å².